The quantitative estimate of drug-likeness (QED) is 0.377. The summed E-state index contributed by atoms with van der Waals surface area (Å²) in [6.45, 7) is 1.88. The predicted molar refractivity (Wildman–Crippen MR) is 149 cm³/mol. The zero-order valence-corrected chi connectivity index (χ0v) is 21.4. The lowest BCUT2D eigenvalue weighted by Gasteiger charge is -2.35. The largest absolute Gasteiger partial charge is 0.307 e. The van der Waals surface area contributed by atoms with Gasteiger partial charge in [-0.05, 0) is 54.5 Å². The van der Waals surface area contributed by atoms with Gasteiger partial charge < -0.3 is 9.80 Å². The maximum Gasteiger partial charge on any atom is 0.247 e. The van der Waals surface area contributed by atoms with Crippen molar-refractivity contribution in [3.8, 4) is 0 Å². The fraction of sp³-hybridized carbons (Fsp3) is 0.344. The number of hydrogen-bond acceptors (Lipinski definition) is 3. The normalized spacial score (nSPS) is 18.6. The van der Waals surface area contributed by atoms with Crippen molar-refractivity contribution in [2.45, 2.75) is 57.9 Å². The smallest absolute Gasteiger partial charge is 0.247 e. The molecule has 5 nitrogen and oxygen atoms in total. The zero-order valence-electron chi connectivity index (χ0n) is 21.4. The fourth-order valence-electron chi connectivity index (χ4n) is 5.97. The monoisotopic (exact) mass is 496 g/mol. The van der Waals surface area contributed by atoms with Crippen LogP contribution in [-0.4, -0.2) is 30.2 Å². The van der Waals surface area contributed by atoms with E-state index in [-0.39, 0.29) is 37.5 Å². The molecule has 0 bridgehead atoms. The first kappa shape index (κ1) is 24.9. The molecule has 2 aliphatic rings. The zero-order chi connectivity index (χ0) is 25.8. The van der Waals surface area contributed by atoms with Gasteiger partial charge >= 0.3 is 0 Å². The molecule has 2 atom stereocenters. The van der Waals surface area contributed by atoms with Gasteiger partial charge in [-0.2, -0.15) is 0 Å². The van der Waals surface area contributed by atoms with E-state index in [1.54, 1.807) is 4.90 Å². The van der Waals surface area contributed by atoms with Gasteiger partial charge in [0.2, 0.25) is 11.8 Å². The number of nitrogens with zero attached hydrogens (tertiary/aromatic N) is 2. The van der Waals surface area contributed by atoms with E-state index in [4.69, 9.17) is 0 Å². The Hall–Kier alpha value is -3.73. The SMILES string of the molecule is CCC(=O)C1CCC[C@H]1N(C(=O)CN1C(=O)Cc2ccccc21)c1ccccc1CCc1ccccc1.[HH]. The van der Waals surface area contributed by atoms with Crippen LogP contribution in [0.5, 0.6) is 0 Å². The van der Waals surface area contributed by atoms with Gasteiger partial charge in [-0.15, -0.1) is 0 Å². The predicted octanol–water partition coefficient (Wildman–Crippen LogP) is 5.79. The van der Waals surface area contributed by atoms with Crippen LogP contribution in [0.4, 0.5) is 11.4 Å². The maximum atomic E-state index is 14.1. The minimum absolute atomic E-state index is 0. The number of Topliss-reactive ketones (excluding diaryl/α,β-unsaturated/α-hetero) is 1. The minimum Gasteiger partial charge on any atom is -0.307 e. The Labute approximate surface area is 220 Å². The van der Waals surface area contributed by atoms with Crippen LogP contribution in [0.15, 0.2) is 78.9 Å². The number of amides is 2. The van der Waals surface area contributed by atoms with E-state index < -0.39 is 0 Å². The topological polar surface area (TPSA) is 57.7 Å². The molecule has 0 saturated heterocycles. The van der Waals surface area contributed by atoms with Gasteiger partial charge in [-0.25, -0.2) is 0 Å². The van der Waals surface area contributed by atoms with Crippen LogP contribution in [0.2, 0.25) is 0 Å². The molecule has 37 heavy (non-hydrogen) atoms. The molecular formula is C32H36N2O3. The third-order valence-electron chi connectivity index (χ3n) is 7.84. The van der Waals surface area contributed by atoms with Crippen LogP contribution in [0.3, 0.4) is 0 Å². The number of aryl methyl sites for hydroxylation is 2. The lowest BCUT2D eigenvalue weighted by Crippen LogP contribution is -2.49. The van der Waals surface area contributed by atoms with Gasteiger partial charge in [0.05, 0.1) is 6.42 Å². The van der Waals surface area contributed by atoms with Gasteiger partial charge in [0.15, 0.2) is 0 Å². The van der Waals surface area contributed by atoms with Crippen molar-refractivity contribution >= 4 is 29.0 Å². The molecule has 3 aromatic carbocycles. The Bertz CT molecular complexity index is 1290. The Balaban J connectivity index is 0.00000336. The number of benzene rings is 3. The summed E-state index contributed by atoms with van der Waals surface area (Å²) in [6, 6.07) is 25.9. The van der Waals surface area contributed by atoms with Crippen molar-refractivity contribution in [2.75, 3.05) is 16.3 Å². The summed E-state index contributed by atoms with van der Waals surface area (Å²) in [5.74, 6) is -0.139. The number of hydrogen-bond donors (Lipinski definition) is 0. The molecule has 2 amide bonds. The number of para-hydroxylation sites is 2. The van der Waals surface area contributed by atoms with Crippen LogP contribution in [0.1, 0.15) is 50.7 Å². The lowest BCUT2D eigenvalue weighted by atomic mass is 9.93. The molecule has 1 unspecified atom stereocenters. The second-order valence-electron chi connectivity index (χ2n) is 10.1. The van der Waals surface area contributed by atoms with Gasteiger partial charge in [0.25, 0.3) is 0 Å². The molecule has 1 aliphatic heterocycles. The summed E-state index contributed by atoms with van der Waals surface area (Å²) < 4.78 is 0. The van der Waals surface area contributed by atoms with Crippen molar-refractivity contribution in [2.24, 2.45) is 5.92 Å². The third-order valence-corrected chi connectivity index (χ3v) is 7.84. The van der Waals surface area contributed by atoms with Crippen LogP contribution < -0.4 is 9.80 Å². The van der Waals surface area contributed by atoms with Gasteiger partial charge in [-0.1, -0.05) is 80.1 Å². The second kappa shape index (κ2) is 11.1. The second-order valence-corrected chi connectivity index (χ2v) is 10.1. The summed E-state index contributed by atoms with van der Waals surface area (Å²) in [4.78, 5) is 43.5. The number of anilines is 2. The van der Waals surface area contributed by atoms with Crippen LogP contribution >= 0.6 is 0 Å². The highest BCUT2D eigenvalue weighted by Crippen LogP contribution is 2.37. The van der Waals surface area contributed by atoms with Crippen molar-refractivity contribution in [1.82, 2.24) is 0 Å². The standard InChI is InChI=1S/C32H34N2O3.H2/c1-2-30(35)26-15-10-18-29(26)34(32(37)22-33-27-16-8-7-14-25(27)21-31(33)36)28-17-9-6-13-24(28)20-19-23-11-4-3-5-12-23;/h3-9,11-14,16-17,26,29H,2,10,15,18-22H2,1H3;1H/t26?,29-;/m1./s1. The fourth-order valence-corrected chi connectivity index (χ4v) is 5.97. The molecule has 5 rings (SSSR count). The summed E-state index contributed by atoms with van der Waals surface area (Å²) in [5.41, 5.74) is 4.96. The summed E-state index contributed by atoms with van der Waals surface area (Å²) in [7, 11) is 0. The Kier molecular flexibility index (Phi) is 7.50. The number of rotatable bonds is 9. The molecule has 0 radical (unpaired) electrons. The summed E-state index contributed by atoms with van der Waals surface area (Å²) >= 11 is 0. The molecule has 1 heterocycles. The van der Waals surface area contributed by atoms with Crippen molar-refractivity contribution < 1.29 is 15.8 Å². The number of carbonyl (C=O) groups excluding carboxylic acids is 3. The molecule has 1 aliphatic carbocycles. The van der Waals surface area contributed by atoms with Gasteiger partial charge in [0.1, 0.15) is 12.3 Å². The first-order chi connectivity index (χ1) is 18.1. The third kappa shape index (κ3) is 5.22. The molecular weight excluding hydrogens is 460 g/mol. The van der Waals surface area contributed by atoms with Crippen LogP contribution in [0.25, 0.3) is 0 Å². The van der Waals surface area contributed by atoms with Crippen LogP contribution in [-0.2, 0) is 33.6 Å². The van der Waals surface area contributed by atoms with Gasteiger partial charge in [-0.3, -0.25) is 14.4 Å². The van der Waals surface area contributed by atoms with E-state index in [9.17, 15) is 14.4 Å². The molecule has 1 saturated carbocycles. The Morgan fingerprint density at radius 3 is 2.46 bits per heavy atom. The number of fused-ring (bicyclic) bond motifs is 1. The molecule has 0 N–H and O–H groups in total. The van der Waals surface area contributed by atoms with Gasteiger partial charge in [0, 0.05) is 31.2 Å². The number of ketones is 1. The maximum absolute atomic E-state index is 14.1. The Morgan fingerprint density at radius 1 is 0.919 bits per heavy atom. The van der Waals surface area contributed by atoms with E-state index in [1.165, 1.54) is 5.56 Å². The average molecular weight is 497 g/mol. The highest BCUT2D eigenvalue weighted by atomic mass is 16.2. The van der Waals surface area contributed by atoms with E-state index in [0.717, 1.165) is 54.6 Å². The van der Waals surface area contributed by atoms with E-state index in [1.807, 2.05) is 72.5 Å². The number of carbonyl (C=O) groups is 3. The Morgan fingerprint density at radius 2 is 1.65 bits per heavy atom. The lowest BCUT2D eigenvalue weighted by molar-refractivity contribution is -0.124. The average Bonchev–Trinajstić information content (AvgIpc) is 3.53. The summed E-state index contributed by atoms with van der Waals surface area (Å²) in [6.07, 6.45) is 4.95. The first-order valence-electron chi connectivity index (χ1n) is 13.4. The van der Waals surface area contributed by atoms with E-state index >= 15 is 0 Å². The molecule has 3 aromatic rings. The van der Waals surface area contributed by atoms with E-state index in [2.05, 4.69) is 18.2 Å². The highest BCUT2D eigenvalue weighted by molar-refractivity contribution is 6.08. The summed E-state index contributed by atoms with van der Waals surface area (Å²) in [5, 5.41) is 0. The molecule has 192 valence electrons. The first-order valence-corrected chi connectivity index (χ1v) is 13.4. The van der Waals surface area contributed by atoms with Crippen molar-refractivity contribution in [3.63, 3.8) is 0 Å². The van der Waals surface area contributed by atoms with Crippen molar-refractivity contribution in [3.05, 3.63) is 95.6 Å². The van der Waals surface area contributed by atoms with E-state index in [0.29, 0.717) is 12.8 Å². The minimum atomic E-state index is -0.189. The highest BCUT2D eigenvalue weighted by Gasteiger charge is 2.40. The molecule has 0 spiro atoms. The molecule has 1 fully saturated rings. The van der Waals surface area contributed by atoms with Crippen LogP contribution in [0, 0.1) is 5.92 Å². The van der Waals surface area contributed by atoms with Crippen molar-refractivity contribution in [1.29, 1.82) is 0 Å². The molecule has 0 aromatic heterocycles. The molecule has 5 heteroatoms.